The molecule has 0 aliphatic rings. The first-order chi connectivity index (χ1) is 9.08. The zero-order valence-electron chi connectivity index (χ0n) is 11.1. The second-order valence-electron chi connectivity index (χ2n) is 4.52. The van der Waals surface area contributed by atoms with Crippen LogP contribution < -0.4 is 11.1 Å². The van der Waals surface area contributed by atoms with Crippen molar-refractivity contribution in [3.8, 4) is 0 Å². The molecule has 2 aromatic rings. The molecule has 0 unspecified atom stereocenters. The first-order valence-electron chi connectivity index (χ1n) is 6.13. The summed E-state index contributed by atoms with van der Waals surface area (Å²) < 4.78 is 0. The number of nitrogens with zero attached hydrogens (tertiary/aromatic N) is 1. The van der Waals surface area contributed by atoms with E-state index in [-0.39, 0.29) is 5.91 Å². The van der Waals surface area contributed by atoms with Crippen molar-refractivity contribution < 1.29 is 4.79 Å². The number of carbonyl (C=O) groups excluding carboxylic acids is 1. The highest BCUT2D eigenvalue weighted by molar-refractivity contribution is 5.96. The summed E-state index contributed by atoms with van der Waals surface area (Å²) in [7, 11) is 0. The van der Waals surface area contributed by atoms with Gasteiger partial charge in [0.25, 0.3) is 5.91 Å². The van der Waals surface area contributed by atoms with E-state index >= 15 is 0 Å². The van der Waals surface area contributed by atoms with Crippen molar-refractivity contribution in [1.82, 2.24) is 10.3 Å². The van der Waals surface area contributed by atoms with Crippen molar-refractivity contribution in [2.45, 2.75) is 20.4 Å². The SMILES string of the molecule is Cc1ccc(N)cc1C(=O)NCc1ncccc1C. The standard InChI is InChI=1S/C15H17N3O/c1-10-5-6-12(16)8-13(10)15(19)18-9-14-11(2)4-3-7-17-14/h3-8H,9,16H2,1-2H3,(H,18,19). The molecule has 0 radical (unpaired) electrons. The van der Waals surface area contributed by atoms with Gasteiger partial charge in [0.15, 0.2) is 0 Å². The molecule has 0 aliphatic heterocycles. The van der Waals surface area contributed by atoms with E-state index in [1.165, 1.54) is 0 Å². The van der Waals surface area contributed by atoms with Gasteiger partial charge < -0.3 is 11.1 Å². The van der Waals surface area contributed by atoms with Gasteiger partial charge >= 0.3 is 0 Å². The number of nitrogen functional groups attached to an aromatic ring is 1. The summed E-state index contributed by atoms with van der Waals surface area (Å²) in [6.45, 7) is 4.28. The van der Waals surface area contributed by atoms with E-state index in [0.29, 0.717) is 17.8 Å². The lowest BCUT2D eigenvalue weighted by Crippen LogP contribution is -2.24. The smallest absolute Gasteiger partial charge is 0.251 e. The van der Waals surface area contributed by atoms with E-state index in [0.717, 1.165) is 16.8 Å². The second kappa shape index (κ2) is 5.52. The van der Waals surface area contributed by atoms with Gasteiger partial charge in [-0.2, -0.15) is 0 Å². The number of rotatable bonds is 3. The molecule has 0 aliphatic carbocycles. The monoisotopic (exact) mass is 255 g/mol. The molecule has 1 amide bonds. The first-order valence-corrected chi connectivity index (χ1v) is 6.13. The molecule has 2 rings (SSSR count). The maximum Gasteiger partial charge on any atom is 0.251 e. The summed E-state index contributed by atoms with van der Waals surface area (Å²) in [5.74, 6) is -0.130. The third-order valence-corrected chi connectivity index (χ3v) is 3.04. The summed E-state index contributed by atoms with van der Waals surface area (Å²) in [6, 6.07) is 9.17. The number of anilines is 1. The van der Waals surface area contributed by atoms with Crippen LogP contribution >= 0.6 is 0 Å². The van der Waals surface area contributed by atoms with Gasteiger partial charge in [-0.15, -0.1) is 0 Å². The number of nitrogens with two attached hydrogens (primary N) is 1. The summed E-state index contributed by atoms with van der Waals surface area (Å²) in [6.07, 6.45) is 1.72. The normalized spacial score (nSPS) is 10.2. The molecule has 0 saturated carbocycles. The number of benzene rings is 1. The van der Waals surface area contributed by atoms with E-state index in [1.54, 1.807) is 18.3 Å². The Labute approximate surface area is 112 Å². The fourth-order valence-corrected chi connectivity index (χ4v) is 1.85. The molecule has 0 atom stereocenters. The first kappa shape index (κ1) is 13.1. The molecular formula is C15H17N3O. The lowest BCUT2D eigenvalue weighted by Gasteiger charge is -2.09. The summed E-state index contributed by atoms with van der Waals surface area (Å²) in [5.41, 5.74) is 9.74. The minimum absolute atomic E-state index is 0.130. The van der Waals surface area contributed by atoms with Gasteiger partial charge in [-0.25, -0.2) is 0 Å². The van der Waals surface area contributed by atoms with E-state index in [4.69, 9.17) is 5.73 Å². The molecule has 98 valence electrons. The zero-order chi connectivity index (χ0) is 13.8. The van der Waals surface area contributed by atoms with Gasteiger partial charge in [0.2, 0.25) is 0 Å². The largest absolute Gasteiger partial charge is 0.399 e. The van der Waals surface area contributed by atoms with Crippen LogP contribution in [0.15, 0.2) is 36.5 Å². The highest BCUT2D eigenvalue weighted by atomic mass is 16.1. The zero-order valence-corrected chi connectivity index (χ0v) is 11.1. The highest BCUT2D eigenvalue weighted by Crippen LogP contribution is 2.12. The average molecular weight is 255 g/mol. The Morgan fingerprint density at radius 1 is 1.26 bits per heavy atom. The molecule has 0 spiro atoms. The highest BCUT2D eigenvalue weighted by Gasteiger charge is 2.09. The van der Waals surface area contributed by atoms with Crippen molar-refractivity contribution >= 4 is 11.6 Å². The molecule has 1 heterocycles. The van der Waals surface area contributed by atoms with Gasteiger partial charge in [-0.3, -0.25) is 9.78 Å². The Morgan fingerprint density at radius 3 is 2.79 bits per heavy atom. The minimum atomic E-state index is -0.130. The quantitative estimate of drug-likeness (QED) is 0.826. The van der Waals surface area contributed by atoms with Gasteiger partial charge in [0.1, 0.15) is 0 Å². The van der Waals surface area contributed by atoms with Crippen molar-refractivity contribution in [3.05, 3.63) is 58.9 Å². The Balaban J connectivity index is 2.10. The molecule has 3 N–H and O–H groups in total. The van der Waals surface area contributed by atoms with Crippen LogP contribution in [0, 0.1) is 13.8 Å². The van der Waals surface area contributed by atoms with E-state index in [9.17, 15) is 4.79 Å². The maximum atomic E-state index is 12.1. The van der Waals surface area contributed by atoms with Crippen LogP contribution in [-0.4, -0.2) is 10.9 Å². The number of nitrogens with one attached hydrogen (secondary N) is 1. The predicted octanol–water partition coefficient (Wildman–Crippen LogP) is 2.21. The van der Waals surface area contributed by atoms with E-state index < -0.39 is 0 Å². The van der Waals surface area contributed by atoms with Gasteiger partial charge in [0, 0.05) is 17.4 Å². The van der Waals surface area contributed by atoms with Gasteiger partial charge in [-0.1, -0.05) is 12.1 Å². The number of amides is 1. The van der Waals surface area contributed by atoms with Crippen LogP contribution in [-0.2, 0) is 6.54 Å². The molecule has 4 heteroatoms. The number of aromatic nitrogens is 1. The summed E-state index contributed by atoms with van der Waals surface area (Å²) >= 11 is 0. The summed E-state index contributed by atoms with van der Waals surface area (Å²) in [5, 5.41) is 2.87. The molecule has 4 nitrogen and oxygen atoms in total. The summed E-state index contributed by atoms with van der Waals surface area (Å²) in [4.78, 5) is 16.4. The van der Waals surface area contributed by atoms with Crippen molar-refractivity contribution in [2.24, 2.45) is 0 Å². The van der Waals surface area contributed by atoms with Gasteiger partial charge in [-0.05, 0) is 43.2 Å². The Kier molecular flexibility index (Phi) is 3.80. The average Bonchev–Trinajstić information content (AvgIpc) is 2.40. The lowest BCUT2D eigenvalue weighted by atomic mass is 10.1. The van der Waals surface area contributed by atoms with E-state index in [1.807, 2.05) is 32.0 Å². The Morgan fingerprint density at radius 2 is 2.05 bits per heavy atom. The number of pyridine rings is 1. The molecule has 1 aromatic heterocycles. The van der Waals surface area contributed by atoms with Crippen LogP contribution in [0.1, 0.15) is 27.2 Å². The lowest BCUT2D eigenvalue weighted by molar-refractivity contribution is 0.0950. The Bertz CT molecular complexity index is 608. The maximum absolute atomic E-state index is 12.1. The molecule has 1 aromatic carbocycles. The molecule has 0 bridgehead atoms. The fourth-order valence-electron chi connectivity index (χ4n) is 1.85. The van der Waals surface area contributed by atoms with Crippen molar-refractivity contribution in [3.63, 3.8) is 0 Å². The molecular weight excluding hydrogens is 238 g/mol. The third-order valence-electron chi connectivity index (χ3n) is 3.04. The topological polar surface area (TPSA) is 68.0 Å². The molecule has 0 saturated heterocycles. The third kappa shape index (κ3) is 3.10. The Hall–Kier alpha value is -2.36. The van der Waals surface area contributed by atoms with Gasteiger partial charge in [0.05, 0.1) is 12.2 Å². The molecule has 0 fully saturated rings. The van der Waals surface area contributed by atoms with Crippen LogP contribution in [0.4, 0.5) is 5.69 Å². The number of hydrogen-bond acceptors (Lipinski definition) is 3. The predicted molar refractivity (Wildman–Crippen MR) is 75.7 cm³/mol. The van der Waals surface area contributed by atoms with Crippen LogP contribution in [0.3, 0.4) is 0 Å². The van der Waals surface area contributed by atoms with Crippen molar-refractivity contribution in [2.75, 3.05) is 5.73 Å². The van der Waals surface area contributed by atoms with E-state index in [2.05, 4.69) is 10.3 Å². The van der Waals surface area contributed by atoms with Crippen LogP contribution in [0.25, 0.3) is 0 Å². The van der Waals surface area contributed by atoms with Crippen LogP contribution in [0.5, 0.6) is 0 Å². The number of hydrogen-bond donors (Lipinski definition) is 2. The van der Waals surface area contributed by atoms with Crippen LogP contribution in [0.2, 0.25) is 0 Å². The molecule has 19 heavy (non-hydrogen) atoms. The minimum Gasteiger partial charge on any atom is -0.399 e. The number of aryl methyl sites for hydroxylation is 2. The second-order valence-corrected chi connectivity index (χ2v) is 4.52. The van der Waals surface area contributed by atoms with Crippen molar-refractivity contribution in [1.29, 1.82) is 0 Å². The fraction of sp³-hybridized carbons (Fsp3) is 0.200. The number of carbonyl (C=O) groups is 1.